The first-order valence-electron chi connectivity index (χ1n) is 6.19. The van der Waals surface area contributed by atoms with Gasteiger partial charge in [0, 0.05) is 30.9 Å². The van der Waals surface area contributed by atoms with Gasteiger partial charge in [0.05, 0.1) is 6.54 Å². The molecule has 0 bridgehead atoms. The minimum Gasteiger partial charge on any atom is -0.347 e. The van der Waals surface area contributed by atoms with Crippen molar-refractivity contribution < 1.29 is 4.79 Å². The minimum atomic E-state index is -0.0390. The third-order valence-corrected chi connectivity index (χ3v) is 3.15. The number of benzene rings is 1. The van der Waals surface area contributed by atoms with Gasteiger partial charge in [-0.3, -0.25) is 4.79 Å². The standard InChI is InChI=1S/C16H15ClN2O/c1-18-11-4-6-15(18)16(20)19(2)12-3-5-13-7-9-14(17)10-8-13/h4,6-11H,12H2,1-2H3. The van der Waals surface area contributed by atoms with Crippen molar-refractivity contribution in [1.82, 2.24) is 9.47 Å². The van der Waals surface area contributed by atoms with Crippen molar-refractivity contribution in [3.05, 3.63) is 58.9 Å². The van der Waals surface area contributed by atoms with Gasteiger partial charge in [-0.15, -0.1) is 0 Å². The molecule has 102 valence electrons. The zero-order valence-corrected chi connectivity index (χ0v) is 12.2. The highest BCUT2D eigenvalue weighted by Gasteiger charge is 2.12. The number of nitrogens with zero attached hydrogens (tertiary/aromatic N) is 2. The molecule has 2 rings (SSSR count). The molecule has 0 atom stereocenters. The number of carbonyl (C=O) groups excluding carboxylic acids is 1. The Balaban J connectivity index is 1.99. The molecule has 0 saturated heterocycles. The van der Waals surface area contributed by atoms with Crippen molar-refractivity contribution in [3.8, 4) is 11.8 Å². The van der Waals surface area contributed by atoms with Crippen molar-refractivity contribution in [2.75, 3.05) is 13.6 Å². The van der Waals surface area contributed by atoms with Crippen LogP contribution in [0.25, 0.3) is 0 Å². The summed E-state index contributed by atoms with van der Waals surface area (Å²) in [7, 11) is 3.59. The Bertz CT molecular complexity index is 662. The van der Waals surface area contributed by atoms with E-state index < -0.39 is 0 Å². The van der Waals surface area contributed by atoms with Crippen molar-refractivity contribution >= 4 is 17.5 Å². The first-order chi connectivity index (χ1) is 9.58. The smallest absolute Gasteiger partial charge is 0.270 e. The molecule has 1 amide bonds. The van der Waals surface area contributed by atoms with Crippen LogP contribution in [0.2, 0.25) is 5.02 Å². The van der Waals surface area contributed by atoms with Gasteiger partial charge < -0.3 is 9.47 Å². The van der Waals surface area contributed by atoms with E-state index in [4.69, 9.17) is 11.6 Å². The van der Waals surface area contributed by atoms with Gasteiger partial charge in [0.2, 0.25) is 0 Å². The Hall–Kier alpha value is -2.18. The van der Waals surface area contributed by atoms with E-state index in [0.29, 0.717) is 17.3 Å². The highest BCUT2D eigenvalue weighted by molar-refractivity contribution is 6.30. The molecule has 0 aliphatic carbocycles. The Kier molecular flexibility index (Phi) is 4.49. The third kappa shape index (κ3) is 3.43. The molecular weight excluding hydrogens is 272 g/mol. The van der Waals surface area contributed by atoms with Crippen LogP contribution in [0.3, 0.4) is 0 Å². The summed E-state index contributed by atoms with van der Waals surface area (Å²) in [5.41, 5.74) is 1.54. The van der Waals surface area contributed by atoms with E-state index in [2.05, 4.69) is 11.8 Å². The van der Waals surface area contributed by atoms with E-state index in [0.717, 1.165) is 5.56 Å². The SMILES string of the molecule is CN(CC#Cc1ccc(Cl)cc1)C(=O)c1cccn1C. The van der Waals surface area contributed by atoms with Crippen LogP contribution in [-0.4, -0.2) is 29.0 Å². The van der Waals surface area contributed by atoms with Gasteiger partial charge in [-0.25, -0.2) is 0 Å². The van der Waals surface area contributed by atoms with Gasteiger partial charge in [0.15, 0.2) is 0 Å². The monoisotopic (exact) mass is 286 g/mol. The number of hydrogen-bond acceptors (Lipinski definition) is 1. The lowest BCUT2D eigenvalue weighted by Crippen LogP contribution is -2.28. The molecule has 0 spiro atoms. The third-order valence-electron chi connectivity index (χ3n) is 2.90. The molecule has 0 radical (unpaired) electrons. The highest BCUT2D eigenvalue weighted by Crippen LogP contribution is 2.08. The predicted octanol–water partition coefficient (Wildman–Crippen LogP) is 2.80. The molecule has 2 aromatic rings. The van der Waals surface area contributed by atoms with Crippen LogP contribution in [-0.2, 0) is 7.05 Å². The summed E-state index contributed by atoms with van der Waals surface area (Å²) in [5, 5.41) is 0.687. The zero-order valence-electron chi connectivity index (χ0n) is 11.4. The van der Waals surface area contributed by atoms with Gasteiger partial charge in [-0.1, -0.05) is 23.4 Å². The molecule has 3 nitrogen and oxygen atoms in total. The maximum atomic E-state index is 12.1. The van der Waals surface area contributed by atoms with Crippen molar-refractivity contribution in [2.45, 2.75) is 0 Å². The number of halogens is 1. The fourth-order valence-corrected chi connectivity index (χ4v) is 1.87. The van der Waals surface area contributed by atoms with E-state index >= 15 is 0 Å². The summed E-state index contributed by atoms with van der Waals surface area (Å²) >= 11 is 5.81. The van der Waals surface area contributed by atoms with Gasteiger partial charge in [0.25, 0.3) is 5.91 Å². The average molecular weight is 287 g/mol. The van der Waals surface area contributed by atoms with Crippen LogP contribution in [0, 0.1) is 11.8 Å². The number of amides is 1. The Morgan fingerprint density at radius 3 is 2.60 bits per heavy atom. The highest BCUT2D eigenvalue weighted by atomic mass is 35.5. The quantitative estimate of drug-likeness (QED) is 0.780. The summed E-state index contributed by atoms with van der Waals surface area (Å²) in [6.07, 6.45) is 1.85. The molecule has 0 N–H and O–H groups in total. The fraction of sp³-hybridized carbons (Fsp3) is 0.188. The lowest BCUT2D eigenvalue weighted by molar-refractivity contribution is 0.0803. The van der Waals surface area contributed by atoms with Crippen molar-refractivity contribution in [2.24, 2.45) is 7.05 Å². The summed E-state index contributed by atoms with van der Waals surface area (Å²) in [4.78, 5) is 13.7. The van der Waals surface area contributed by atoms with Crippen molar-refractivity contribution in [1.29, 1.82) is 0 Å². The molecule has 0 aliphatic heterocycles. The minimum absolute atomic E-state index is 0.0390. The molecular formula is C16H15ClN2O. The van der Waals surface area contributed by atoms with Crippen molar-refractivity contribution in [3.63, 3.8) is 0 Å². The molecule has 1 heterocycles. The van der Waals surface area contributed by atoms with Gasteiger partial charge in [0.1, 0.15) is 5.69 Å². The number of aromatic nitrogens is 1. The number of aryl methyl sites for hydroxylation is 1. The lowest BCUT2D eigenvalue weighted by Gasteiger charge is -2.14. The second-order valence-electron chi connectivity index (χ2n) is 4.47. The molecule has 1 aromatic heterocycles. The average Bonchev–Trinajstić information content (AvgIpc) is 2.86. The fourth-order valence-electron chi connectivity index (χ4n) is 1.74. The predicted molar refractivity (Wildman–Crippen MR) is 80.7 cm³/mol. The summed E-state index contributed by atoms with van der Waals surface area (Å²) in [6, 6.07) is 10.9. The Morgan fingerprint density at radius 1 is 1.30 bits per heavy atom. The molecule has 0 aliphatic rings. The van der Waals surface area contributed by atoms with E-state index in [1.54, 1.807) is 34.7 Å². The molecule has 20 heavy (non-hydrogen) atoms. The first kappa shape index (κ1) is 14.2. The molecule has 0 saturated carbocycles. The largest absolute Gasteiger partial charge is 0.347 e. The normalized spacial score (nSPS) is 9.75. The lowest BCUT2D eigenvalue weighted by atomic mass is 10.2. The summed E-state index contributed by atoms with van der Waals surface area (Å²) in [5.74, 6) is 5.96. The van der Waals surface area contributed by atoms with E-state index in [1.807, 2.05) is 31.4 Å². The van der Waals surface area contributed by atoms with Crippen LogP contribution in [0.1, 0.15) is 16.1 Å². The van der Waals surface area contributed by atoms with Gasteiger partial charge in [-0.05, 0) is 36.4 Å². The van der Waals surface area contributed by atoms with Gasteiger partial charge >= 0.3 is 0 Å². The van der Waals surface area contributed by atoms with E-state index in [1.165, 1.54) is 0 Å². The summed E-state index contributed by atoms with van der Waals surface area (Å²) < 4.78 is 1.80. The topological polar surface area (TPSA) is 25.2 Å². The number of rotatable bonds is 2. The van der Waals surface area contributed by atoms with E-state index in [-0.39, 0.29) is 5.91 Å². The maximum absolute atomic E-state index is 12.1. The molecule has 0 fully saturated rings. The second-order valence-corrected chi connectivity index (χ2v) is 4.91. The van der Waals surface area contributed by atoms with Crippen LogP contribution in [0.15, 0.2) is 42.6 Å². The number of carbonyl (C=O) groups is 1. The second kappa shape index (κ2) is 6.31. The zero-order chi connectivity index (χ0) is 14.5. The van der Waals surface area contributed by atoms with Gasteiger partial charge in [-0.2, -0.15) is 0 Å². The molecule has 0 unspecified atom stereocenters. The molecule has 1 aromatic carbocycles. The van der Waals surface area contributed by atoms with Crippen LogP contribution in [0.4, 0.5) is 0 Å². The maximum Gasteiger partial charge on any atom is 0.270 e. The Morgan fingerprint density at radius 2 is 2.00 bits per heavy atom. The number of hydrogen-bond donors (Lipinski definition) is 0. The first-order valence-corrected chi connectivity index (χ1v) is 6.57. The Labute approximate surface area is 123 Å². The van der Waals surface area contributed by atoms with Crippen LogP contribution < -0.4 is 0 Å². The van der Waals surface area contributed by atoms with Crippen LogP contribution in [0.5, 0.6) is 0 Å². The van der Waals surface area contributed by atoms with Crippen LogP contribution >= 0.6 is 11.6 Å². The van der Waals surface area contributed by atoms with E-state index in [9.17, 15) is 4.79 Å². The molecule has 4 heteroatoms. The summed E-state index contributed by atoms with van der Waals surface area (Å²) in [6.45, 7) is 0.382.